The van der Waals surface area contributed by atoms with Crippen LogP contribution in [-0.4, -0.2) is 62.5 Å². The molecule has 0 saturated carbocycles. The molecule has 2 amide bonds. The second kappa shape index (κ2) is 9.23. The van der Waals surface area contributed by atoms with Crippen molar-refractivity contribution in [3.05, 3.63) is 60.2 Å². The van der Waals surface area contributed by atoms with Crippen LogP contribution in [0.25, 0.3) is 0 Å². The molecule has 7 nitrogen and oxygen atoms in total. The number of anilines is 2. The van der Waals surface area contributed by atoms with E-state index in [1.165, 1.54) is 18.9 Å². The summed E-state index contributed by atoms with van der Waals surface area (Å²) < 4.78 is 4.68. The SMILES string of the molecule is COC(=O)c1ccc(N(CC(=O)N2CCN(c3ccccc3)CC2)C(C)=O)cc1. The fraction of sp³-hybridized carbons (Fsp3) is 0.318. The van der Waals surface area contributed by atoms with E-state index in [0.29, 0.717) is 24.3 Å². The standard InChI is InChI=1S/C22H25N3O4/c1-17(26)25(20-10-8-18(9-11-20)22(28)29-2)16-21(27)24-14-12-23(13-15-24)19-6-4-3-5-7-19/h3-11H,12-16H2,1-2H3. The zero-order valence-electron chi connectivity index (χ0n) is 16.7. The van der Waals surface area contributed by atoms with Gasteiger partial charge in [-0.1, -0.05) is 18.2 Å². The molecule has 1 aliphatic heterocycles. The summed E-state index contributed by atoms with van der Waals surface area (Å²) in [7, 11) is 1.31. The van der Waals surface area contributed by atoms with Crippen molar-refractivity contribution < 1.29 is 19.1 Å². The van der Waals surface area contributed by atoms with Crippen LogP contribution in [0.15, 0.2) is 54.6 Å². The molecule has 0 N–H and O–H groups in total. The first kappa shape index (κ1) is 20.4. The molecular formula is C22H25N3O4. The minimum atomic E-state index is -0.446. The fourth-order valence-corrected chi connectivity index (χ4v) is 3.37. The molecule has 1 heterocycles. The van der Waals surface area contributed by atoms with Crippen LogP contribution in [-0.2, 0) is 14.3 Å². The first-order chi connectivity index (χ1) is 14.0. The van der Waals surface area contributed by atoms with Gasteiger partial charge in [0.1, 0.15) is 6.54 Å². The average Bonchev–Trinajstić information content (AvgIpc) is 2.77. The number of methoxy groups -OCH3 is 1. The van der Waals surface area contributed by atoms with Crippen LogP contribution < -0.4 is 9.80 Å². The quantitative estimate of drug-likeness (QED) is 0.726. The maximum absolute atomic E-state index is 12.8. The number of esters is 1. The maximum Gasteiger partial charge on any atom is 0.337 e. The molecule has 2 aromatic carbocycles. The smallest absolute Gasteiger partial charge is 0.337 e. The van der Waals surface area contributed by atoms with Gasteiger partial charge in [-0.15, -0.1) is 0 Å². The van der Waals surface area contributed by atoms with Gasteiger partial charge in [-0.05, 0) is 36.4 Å². The molecule has 1 fully saturated rings. The Morgan fingerprint density at radius 2 is 1.55 bits per heavy atom. The van der Waals surface area contributed by atoms with E-state index in [0.717, 1.165) is 18.8 Å². The molecular weight excluding hydrogens is 370 g/mol. The topological polar surface area (TPSA) is 70.2 Å². The molecule has 0 radical (unpaired) electrons. The van der Waals surface area contributed by atoms with Crippen LogP contribution in [0.2, 0.25) is 0 Å². The molecule has 3 rings (SSSR count). The maximum atomic E-state index is 12.8. The summed E-state index contributed by atoms with van der Waals surface area (Å²) in [4.78, 5) is 42.0. The number of ether oxygens (including phenoxy) is 1. The number of nitrogens with zero attached hydrogens (tertiary/aromatic N) is 3. The Balaban J connectivity index is 1.62. The number of carbonyl (C=O) groups is 3. The monoisotopic (exact) mass is 395 g/mol. The van der Waals surface area contributed by atoms with Crippen molar-refractivity contribution >= 4 is 29.2 Å². The summed E-state index contributed by atoms with van der Waals surface area (Å²) in [5.41, 5.74) is 2.11. The highest BCUT2D eigenvalue weighted by molar-refractivity contribution is 5.98. The highest BCUT2D eigenvalue weighted by Crippen LogP contribution is 2.18. The summed E-state index contributed by atoms with van der Waals surface area (Å²) in [6, 6.07) is 16.6. The second-order valence-corrected chi connectivity index (χ2v) is 6.85. The number of carbonyl (C=O) groups excluding carboxylic acids is 3. The molecule has 29 heavy (non-hydrogen) atoms. The zero-order valence-corrected chi connectivity index (χ0v) is 16.7. The molecule has 0 aromatic heterocycles. The Labute approximate surface area is 170 Å². The van der Waals surface area contributed by atoms with Gasteiger partial charge in [0.2, 0.25) is 11.8 Å². The van der Waals surface area contributed by atoms with Gasteiger partial charge in [0.25, 0.3) is 0 Å². The van der Waals surface area contributed by atoms with Gasteiger partial charge in [0.15, 0.2) is 0 Å². The van der Waals surface area contributed by atoms with Gasteiger partial charge < -0.3 is 19.4 Å². The minimum Gasteiger partial charge on any atom is -0.465 e. The van der Waals surface area contributed by atoms with Gasteiger partial charge in [-0.3, -0.25) is 9.59 Å². The van der Waals surface area contributed by atoms with Gasteiger partial charge in [-0.2, -0.15) is 0 Å². The Kier molecular flexibility index (Phi) is 6.49. The van der Waals surface area contributed by atoms with Gasteiger partial charge in [0.05, 0.1) is 12.7 Å². The van der Waals surface area contributed by atoms with Crippen molar-refractivity contribution in [2.45, 2.75) is 6.92 Å². The largest absolute Gasteiger partial charge is 0.465 e. The van der Waals surface area contributed by atoms with E-state index in [1.807, 2.05) is 18.2 Å². The Morgan fingerprint density at radius 3 is 2.10 bits per heavy atom. The number of benzene rings is 2. The van der Waals surface area contributed by atoms with E-state index in [9.17, 15) is 14.4 Å². The first-order valence-electron chi connectivity index (χ1n) is 9.54. The lowest BCUT2D eigenvalue weighted by molar-refractivity contribution is -0.131. The van der Waals surface area contributed by atoms with Crippen molar-refractivity contribution in [2.24, 2.45) is 0 Å². The molecule has 0 atom stereocenters. The molecule has 0 unspecified atom stereocenters. The molecule has 1 aliphatic rings. The van der Waals surface area contributed by atoms with Crippen molar-refractivity contribution in [1.29, 1.82) is 0 Å². The molecule has 0 bridgehead atoms. The average molecular weight is 395 g/mol. The normalized spacial score (nSPS) is 13.7. The molecule has 0 aliphatic carbocycles. The van der Waals surface area contributed by atoms with Crippen LogP contribution in [0.1, 0.15) is 17.3 Å². The molecule has 2 aromatic rings. The predicted molar refractivity (Wildman–Crippen MR) is 111 cm³/mol. The number of amides is 2. The number of hydrogen-bond donors (Lipinski definition) is 0. The van der Waals surface area contributed by atoms with Crippen LogP contribution in [0.4, 0.5) is 11.4 Å². The number of para-hydroxylation sites is 1. The number of rotatable bonds is 5. The van der Waals surface area contributed by atoms with E-state index in [-0.39, 0.29) is 18.4 Å². The molecule has 1 saturated heterocycles. The summed E-state index contributed by atoms with van der Waals surface area (Å²) in [5, 5.41) is 0. The van der Waals surface area contributed by atoms with Crippen molar-refractivity contribution in [3.8, 4) is 0 Å². The Bertz CT molecular complexity index is 859. The number of piperazine rings is 1. The third-order valence-electron chi connectivity index (χ3n) is 5.03. The number of hydrogen-bond acceptors (Lipinski definition) is 5. The first-order valence-corrected chi connectivity index (χ1v) is 9.54. The van der Waals surface area contributed by atoms with Gasteiger partial charge >= 0.3 is 5.97 Å². The van der Waals surface area contributed by atoms with Crippen LogP contribution in [0.3, 0.4) is 0 Å². The summed E-state index contributed by atoms with van der Waals surface area (Å²) >= 11 is 0. The molecule has 7 heteroatoms. The van der Waals surface area contributed by atoms with E-state index in [4.69, 9.17) is 0 Å². The highest BCUT2D eigenvalue weighted by atomic mass is 16.5. The lowest BCUT2D eigenvalue weighted by atomic mass is 10.2. The van der Waals surface area contributed by atoms with Gasteiger partial charge in [0, 0.05) is 44.5 Å². The van der Waals surface area contributed by atoms with E-state index in [1.54, 1.807) is 29.2 Å². The summed E-state index contributed by atoms with van der Waals surface area (Å²) in [5.74, 6) is -0.768. The van der Waals surface area contributed by atoms with E-state index in [2.05, 4.69) is 21.8 Å². The van der Waals surface area contributed by atoms with Crippen molar-refractivity contribution in [1.82, 2.24) is 4.90 Å². The zero-order chi connectivity index (χ0) is 20.8. The summed E-state index contributed by atoms with van der Waals surface area (Å²) in [6.45, 7) is 4.13. The lowest BCUT2D eigenvalue weighted by Crippen LogP contribution is -2.51. The highest BCUT2D eigenvalue weighted by Gasteiger charge is 2.24. The van der Waals surface area contributed by atoms with Crippen molar-refractivity contribution in [2.75, 3.05) is 49.6 Å². The van der Waals surface area contributed by atoms with E-state index >= 15 is 0 Å². The third kappa shape index (κ3) is 4.93. The third-order valence-corrected chi connectivity index (χ3v) is 5.03. The summed E-state index contributed by atoms with van der Waals surface area (Å²) in [6.07, 6.45) is 0. The van der Waals surface area contributed by atoms with Crippen molar-refractivity contribution in [3.63, 3.8) is 0 Å². The minimum absolute atomic E-state index is 0.0295. The van der Waals surface area contributed by atoms with Gasteiger partial charge in [-0.25, -0.2) is 4.79 Å². The van der Waals surface area contributed by atoms with Crippen LogP contribution in [0.5, 0.6) is 0 Å². The predicted octanol–water partition coefficient (Wildman–Crippen LogP) is 2.17. The van der Waals surface area contributed by atoms with Crippen LogP contribution >= 0.6 is 0 Å². The fourth-order valence-electron chi connectivity index (χ4n) is 3.37. The Hall–Kier alpha value is -3.35. The van der Waals surface area contributed by atoms with Crippen LogP contribution in [0, 0.1) is 0 Å². The Morgan fingerprint density at radius 1 is 0.931 bits per heavy atom. The molecule has 152 valence electrons. The van der Waals surface area contributed by atoms with E-state index < -0.39 is 5.97 Å². The second-order valence-electron chi connectivity index (χ2n) is 6.85. The lowest BCUT2D eigenvalue weighted by Gasteiger charge is -2.37. The molecule has 0 spiro atoms.